The number of aromatic nitrogens is 3. The largest absolute Gasteiger partial charge is 0.371 e. The Hall–Kier alpha value is -3.47. The Bertz CT molecular complexity index is 1060. The Kier molecular flexibility index (Phi) is 6.62. The van der Waals surface area contributed by atoms with E-state index in [9.17, 15) is 13.6 Å². The average molecular weight is 431 g/mol. The zero-order valence-electron chi connectivity index (χ0n) is 16.1. The van der Waals surface area contributed by atoms with Crippen LogP contribution < -0.4 is 16.0 Å². The molecule has 2 heterocycles. The van der Waals surface area contributed by atoms with Gasteiger partial charge in [0.2, 0.25) is 0 Å². The number of nitrogens with one attached hydrogen (secondary N) is 4. The number of rotatable bonds is 8. The highest BCUT2D eigenvalue weighted by Crippen LogP contribution is 2.26. The number of carbonyl (C=O) groups excluding carboxylic acids is 1. The van der Waals surface area contributed by atoms with Crippen molar-refractivity contribution in [3.05, 3.63) is 57.8 Å². The van der Waals surface area contributed by atoms with Crippen LogP contribution in [-0.2, 0) is 0 Å². The summed E-state index contributed by atoms with van der Waals surface area (Å²) in [6.07, 6.45) is 1.09. The molecule has 8 nitrogen and oxygen atoms in total. The third-order valence-electron chi connectivity index (χ3n) is 4.12. The van der Waals surface area contributed by atoms with Gasteiger partial charge in [0, 0.05) is 18.9 Å². The van der Waals surface area contributed by atoms with E-state index in [4.69, 9.17) is 5.41 Å². The highest BCUT2D eigenvalue weighted by atomic mass is 32.1. The highest BCUT2D eigenvalue weighted by molar-refractivity contribution is 7.13. The number of amides is 1. The van der Waals surface area contributed by atoms with Crippen molar-refractivity contribution in [3.8, 4) is 0 Å². The van der Waals surface area contributed by atoms with Crippen molar-refractivity contribution in [3.63, 3.8) is 0 Å². The molecule has 1 aromatic carbocycles. The van der Waals surface area contributed by atoms with E-state index in [1.165, 1.54) is 6.20 Å². The lowest BCUT2D eigenvalue weighted by atomic mass is 10.1. The summed E-state index contributed by atoms with van der Waals surface area (Å²) in [4.78, 5) is 24.5. The molecule has 11 heteroatoms. The van der Waals surface area contributed by atoms with Gasteiger partial charge < -0.3 is 21.4 Å². The van der Waals surface area contributed by atoms with Gasteiger partial charge in [0.1, 0.15) is 16.4 Å². The molecule has 0 aliphatic rings. The van der Waals surface area contributed by atoms with E-state index in [-0.39, 0.29) is 15.9 Å². The van der Waals surface area contributed by atoms with Gasteiger partial charge in [-0.25, -0.2) is 23.7 Å². The maximum atomic E-state index is 12.7. The summed E-state index contributed by atoms with van der Waals surface area (Å²) >= 11 is 0.664. The number of hydrogen-bond acceptors (Lipinski definition) is 8. The predicted octanol–water partition coefficient (Wildman–Crippen LogP) is 4.34. The second-order valence-corrected chi connectivity index (χ2v) is 7.25. The van der Waals surface area contributed by atoms with E-state index in [1.807, 2.05) is 13.0 Å². The number of nitrogens with zero attached hydrogens (tertiary/aromatic N) is 3. The van der Waals surface area contributed by atoms with Crippen molar-refractivity contribution in [1.82, 2.24) is 15.0 Å². The monoisotopic (exact) mass is 431 g/mol. The van der Waals surface area contributed by atoms with Gasteiger partial charge in [-0.15, -0.1) is 11.3 Å². The molecule has 30 heavy (non-hydrogen) atoms. The van der Waals surface area contributed by atoms with Gasteiger partial charge in [0.05, 0.1) is 18.4 Å². The predicted molar refractivity (Wildman–Crippen MR) is 113 cm³/mol. The summed E-state index contributed by atoms with van der Waals surface area (Å²) in [7, 11) is 1.70. The summed E-state index contributed by atoms with van der Waals surface area (Å²) in [5, 5.41) is 15.8. The molecule has 1 amide bonds. The molecule has 4 N–H and O–H groups in total. The third-order valence-corrected chi connectivity index (χ3v) is 5.12. The minimum absolute atomic E-state index is 0.114. The summed E-state index contributed by atoms with van der Waals surface area (Å²) in [5.74, 6) is 0.510. The fraction of sp³-hybridized carbons (Fsp3) is 0.211. The average Bonchev–Trinajstić information content (AvgIpc) is 3.24. The van der Waals surface area contributed by atoms with Gasteiger partial charge in [0.25, 0.3) is 12.3 Å². The van der Waals surface area contributed by atoms with E-state index in [1.54, 1.807) is 25.2 Å². The fourth-order valence-corrected chi connectivity index (χ4v) is 3.30. The van der Waals surface area contributed by atoms with Crippen LogP contribution in [0.3, 0.4) is 0 Å². The highest BCUT2D eigenvalue weighted by Gasteiger charge is 2.17. The van der Waals surface area contributed by atoms with Crippen LogP contribution in [0.15, 0.2) is 36.7 Å². The molecule has 156 valence electrons. The van der Waals surface area contributed by atoms with E-state index < -0.39 is 12.3 Å². The van der Waals surface area contributed by atoms with Crippen LogP contribution in [0.5, 0.6) is 0 Å². The number of thiazole rings is 1. The molecule has 0 saturated carbocycles. The van der Waals surface area contributed by atoms with E-state index >= 15 is 0 Å². The van der Waals surface area contributed by atoms with Crippen LogP contribution in [-0.4, -0.2) is 34.1 Å². The van der Waals surface area contributed by atoms with Crippen molar-refractivity contribution >= 4 is 40.8 Å². The Morgan fingerprint density at radius 1 is 1.27 bits per heavy atom. The molecule has 0 aliphatic heterocycles. The van der Waals surface area contributed by atoms with Crippen LogP contribution in [0.2, 0.25) is 0 Å². The van der Waals surface area contributed by atoms with Crippen molar-refractivity contribution in [1.29, 1.82) is 5.41 Å². The smallest absolute Gasteiger partial charge is 0.289 e. The third kappa shape index (κ3) is 4.92. The van der Waals surface area contributed by atoms with Crippen LogP contribution in [0.4, 0.5) is 26.1 Å². The standard InChI is InChI=1S/C19H19F2N7OS/c1-10(26-15-9-24-13(7-22)17(23-2)28-15)11-4-3-5-12(6-11)27-18(29)14-8-25-19(30-14)16(20)21/h3-10,16,22H,1-2H3,(H,27,29)(H2,23,26,28)/t10-/m0/s1. The summed E-state index contributed by atoms with van der Waals surface area (Å²) < 4.78 is 25.3. The molecule has 0 aliphatic carbocycles. The first-order valence-corrected chi connectivity index (χ1v) is 9.70. The minimum atomic E-state index is -2.70. The number of hydrogen-bond donors (Lipinski definition) is 4. The number of anilines is 3. The van der Waals surface area contributed by atoms with Crippen molar-refractivity contribution < 1.29 is 13.6 Å². The lowest BCUT2D eigenvalue weighted by Crippen LogP contribution is -2.13. The van der Waals surface area contributed by atoms with E-state index in [0.29, 0.717) is 34.4 Å². The molecular formula is C19H19F2N7OS. The first-order chi connectivity index (χ1) is 14.4. The van der Waals surface area contributed by atoms with Gasteiger partial charge in [-0.1, -0.05) is 12.1 Å². The fourth-order valence-electron chi connectivity index (χ4n) is 2.63. The number of benzene rings is 1. The Morgan fingerprint density at radius 3 is 2.73 bits per heavy atom. The summed E-state index contributed by atoms with van der Waals surface area (Å²) in [6, 6.07) is 6.99. The van der Waals surface area contributed by atoms with Gasteiger partial charge >= 0.3 is 0 Å². The summed E-state index contributed by atoms with van der Waals surface area (Å²) in [6.45, 7) is 1.92. The first kappa shape index (κ1) is 21.2. The van der Waals surface area contributed by atoms with Crippen LogP contribution >= 0.6 is 11.3 Å². The van der Waals surface area contributed by atoms with Gasteiger partial charge in [-0.2, -0.15) is 0 Å². The van der Waals surface area contributed by atoms with Crippen LogP contribution in [0, 0.1) is 5.41 Å². The second-order valence-electron chi connectivity index (χ2n) is 6.19. The zero-order chi connectivity index (χ0) is 21.7. The zero-order valence-corrected chi connectivity index (χ0v) is 16.9. The number of halogens is 2. The van der Waals surface area contributed by atoms with E-state index in [0.717, 1.165) is 18.0 Å². The molecule has 3 aromatic rings. The lowest BCUT2D eigenvalue weighted by Gasteiger charge is -2.17. The molecule has 1 atom stereocenters. The summed E-state index contributed by atoms with van der Waals surface area (Å²) in [5.41, 5.74) is 1.83. The maximum absolute atomic E-state index is 12.7. The quantitative estimate of drug-likeness (QED) is 0.395. The molecule has 0 spiro atoms. The number of carbonyl (C=O) groups is 1. The van der Waals surface area contributed by atoms with E-state index in [2.05, 4.69) is 30.9 Å². The molecule has 0 radical (unpaired) electrons. The maximum Gasteiger partial charge on any atom is 0.289 e. The molecule has 0 unspecified atom stereocenters. The van der Waals surface area contributed by atoms with Gasteiger partial charge in [0.15, 0.2) is 10.8 Å². The SMILES string of the molecule is CNc1nc(N[C@@H](C)c2cccc(NC(=O)c3cnc(C(F)F)s3)c2)cnc1C=N. The molecular weight excluding hydrogens is 412 g/mol. The Labute approximate surface area is 175 Å². The topological polar surface area (TPSA) is 116 Å². The van der Waals surface area contributed by atoms with Gasteiger partial charge in [-0.05, 0) is 24.6 Å². The minimum Gasteiger partial charge on any atom is -0.371 e. The van der Waals surface area contributed by atoms with Crippen molar-refractivity contribution in [2.75, 3.05) is 23.0 Å². The molecule has 0 saturated heterocycles. The Balaban J connectivity index is 1.71. The molecule has 0 bridgehead atoms. The molecule has 2 aromatic heterocycles. The first-order valence-electron chi connectivity index (χ1n) is 8.88. The Morgan fingerprint density at radius 2 is 2.07 bits per heavy atom. The van der Waals surface area contributed by atoms with Crippen molar-refractivity contribution in [2.45, 2.75) is 19.4 Å². The van der Waals surface area contributed by atoms with Crippen molar-refractivity contribution in [2.24, 2.45) is 0 Å². The van der Waals surface area contributed by atoms with Crippen LogP contribution in [0.1, 0.15) is 45.3 Å². The normalized spacial score (nSPS) is 11.8. The second kappa shape index (κ2) is 9.35. The molecule has 3 rings (SSSR count). The lowest BCUT2D eigenvalue weighted by molar-refractivity contribution is 0.103. The number of alkyl halides is 2. The van der Waals surface area contributed by atoms with Crippen LogP contribution in [0.25, 0.3) is 0 Å². The van der Waals surface area contributed by atoms with Gasteiger partial charge in [-0.3, -0.25) is 4.79 Å². The molecule has 0 fully saturated rings.